The molecule has 0 fully saturated rings. The molecule has 1 aromatic carbocycles. The van der Waals surface area contributed by atoms with E-state index in [2.05, 4.69) is 21.5 Å². The Morgan fingerprint density at radius 2 is 1.96 bits per heavy atom. The van der Waals surface area contributed by atoms with Gasteiger partial charge in [0, 0.05) is 48.8 Å². The van der Waals surface area contributed by atoms with E-state index in [1.807, 2.05) is 19.9 Å². The summed E-state index contributed by atoms with van der Waals surface area (Å²) < 4.78 is 1.59. The molecule has 0 bridgehead atoms. The fraction of sp³-hybridized carbons (Fsp3) is 0.400. The van der Waals surface area contributed by atoms with Gasteiger partial charge in [-0.1, -0.05) is 18.2 Å². The molecule has 0 saturated heterocycles. The average molecular weight is 350 g/mol. The van der Waals surface area contributed by atoms with Crippen LogP contribution in [-0.2, 0) is 0 Å². The topological polar surface area (TPSA) is 75.8 Å². The Morgan fingerprint density at radius 1 is 1.27 bits per heavy atom. The maximum absolute atomic E-state index is 12.7. The first-order chi connectivity index (χ1) is 12.5. The summed E-state index contributed by atoms with van der Waals surface area (Å²) in [5, 5.41) is 12.3. The van der Waals surface area contributed by atoms with Gasteiger partial charge >= 0.3 is 0 Å². The second-order valence-corrected chi connectivity index (χ2v) is 6.79. The van der Waals surface area contributed by atoms with Gasteiger partial charge in [0.05, 0.1) is 5.56 Å². The predicted molar refractivity (Wildman–Crippen MR) is 101 cm³/mol. The summed E-state index contributed by atoms with van der Waals surface area (Å²) in [6.07, 6.45) is 8.88. The average Bonchev–Trinajstić information content (AvgIpc) is 3.40. The van der Waals surface area contributed by atoms with Crippen molar-refractivity contribution < 1.29 is 4.79 Å². The number of carbonyl (C=O) groups is 1. The number of carbonyl (C=O) groups excluding carboxylic acids is 1. The van der Waals surface area contributed by atoms with Crippen LogP contribution < -0.4 is 10.9 Å². The molecule has 134 valence electrons. The molecule has 1 N–H and O–H groups in total. The molecule has 0 saturated carbocycles. The van der Waals surface area contributed by atoms with E-state index in [-0.39, 0.29) is 17.5 Å². The zero-order valence-electron chi connectivity index (χ0n) is 15.0. The molecule has 3 rings (SSSR count). The molecule has 0 atom stereocenters. The van der Waals surface area contributed by atoms with Crippen LogP contribution >= 0.6 is 0 Å². The van der Waals surface area contributed by atoms with E-state index in [1.165, 1.54) is 0 Å². The summed E-state index contributed by atoms with van der Waals surface area (Å²) in [5.41, 5.74) is -0.00876. The van der Waals surface area contributed by atoms with Gasteiger partial charge in [0.25, 0.3) is 11.5 Å². The molecular weight excluding hydrogens is 328 g/mol. The predicted octanol–water partition coefficient (Wildman–Crippen LogP) is 3.28. The maximum Gasteiger partial charge on any atom is 0.258 e. The fourth-order valence-corrected chi connectivity index (χ4v) is 3.01. The Morgan fingerprint density at radius 3 is 2.58 bits per heavy atom. The van der Waals surface area contributed by atoms with E-state index in [0.717, 1.165) is 0 Å². The number of aromatic nitrogens is 1. The van der Waals surface area contributed by atoms with Gasteiger partial charge in [-0.15, -0.1) is 12.3 Å². The van der Waals surface area contributed by atoms with Gasteiger partial charge in [-0.05, 0) is 19.9 Å². The highest BCUT2D eigenvalue weighted by Crippen LogP contribution is 2.36. The highest BCUT2D eigenvalue weighted by atomic mass is 16.2. The van der Waals surface area contributed by atoms with Crippen molar-refractivity contribution in [2.45, 2.75) is 44.8 Å². The van der Waals surface area contributed by atoms with Crippen molar-refractivity contribution in [2.24, 2.45) is 10.2 Å². The molecule has 1 aliphatic rings. The smallest absolute Gasteiger partial charge is 0.258 e. The van der Waals surface area contributed by atoms with Crippen LogP contribution in [0.2, 0.25) is 0 Å². The molecule has 0 spiro atoms. The van der Waals surface area contributed by atoms with Crippen LogP contribution in [0.5, 0.6) is 0 Å². The Bertz CT molecular complexity index is 960. The molecule has 6 nitrogen and oxygen atoms in total. The zero-order chi connectivity index (χ0) is 18.7. The van der Waals surface area contributed by atoms with Crippen molar-refractivity contribution in [3.8, 4) is 12.3 Å². The molecule has 0 radical (unpaired) electrons. The Hall–Kier alpha value is -2.94. The Balaban J connectivity index is 1.79. The second-order valence-electron chi connectivity index (χ2n) is 6.79. The van der Waals surface area contributed by atoms with Gasteiger partial charge in [-0.3, -0.25) is 9.59 Å². The first kappa shape index (κ1) is 17.9. The van der Waals surface area contributed by atoms with Crippen molar-refractivity contribution in [1.29, 1.82) is 0 Å². The molecule has 1 aliphatic heterocycles. The summed E-state index contributed by atoms with van der Waals surface area (Å²) in [6.45, 7) is 4.29. The molecule has 1 amide bonds. The van der Waals surface area contributed by atoms with E-state index in [4.69, 9.17) is 6.42 Å². The third-order valence-corrected chi connectivity index (χ3v) is 4.61. The number of hydrogen-bond donors (Lipinski definition) is 1. The van der Waals surface area contributed by atoms with Crippen LogP contribution in [-0.4, -0.2) is 22.7 Å². The minimum atomic E-state index is -0.418. The van der Waals surface area contributed by atoms with E-state index in [9.17, 15) is 9.59 Å². The molecule has 6 heteroatoms. The quantitative estimate of drug-likeness (QED) is 0.778. The lowest BCUT2D eigenvalue weighted by Gasteiger charge is -2.15. The lowest BCUT2D eigenvalue weighted by atomic mass is 10.0. The van der Waals surface area contributed by atoms with E-state index >= 15 is 0 Å². The molecule has 2 heterocycles. The zero-order valence-corrected chi connectivity index (χ0v) is 15.0. The lowest BCUT2D eigenvalue weighted by Crippen LogP contribution is -2.31. The maximum atomic E-state index is 12.7. The number of nitrogens with one attached hydrogen (secondary N) is 1. The molecule has 1 aromatic heterocycles. The monoisotopic (exact) mass is 350 g/mol. The van der Waals surface area contributed by atoms with Crippen LogP contribution in [0.3, 0.4) is 0 Å². The van der Waals surface area contributed by atoms with E-state index in [0.29, 0.717) is 42.1 Å². The first-order valence-electron chi connectivity index (χ1n) is 8.77. The van der Waals surface area contributed by atoms with Crippen molar-refractivity contribution in [1.82, 2.24) is 9.88 Å². The molecule has 2 aromatic rings. The number of nitrogens with zero attached hydrogens (tertiary/aromatic N) is 3. The van der Waals surface area contributed by atoms with Crippen molar-refractivity contribution in [3.05, 3.63) is 46.4 Å². The second kappa shape index (κ2) is 7.12. The van der Waals surface area contributed by atoms with Crippen LogP contribution in [0.4, 0.5) is 0 Å². The first-order valence-corrected chi connectivity index (χ1v) is 8.77. The number of fused-ring (bicyclic) bond motifs is 1. The number of rotatable bonds is 7. The SMILES string of the molecule is C#CCCC1(CCNC(=O)c2cn(C(C)C)c(=O)c3ccccc23)N=N1. The summed E-state index contributed by atoms with van der Waals surface area (Å²) in [4.78, 5) is 25.3. The van der Waals surface area contributed by atoms with Gasteiger partial charge in [0.2, 0.25) is 0 Å². The fourth-order valence-electron chi connectivity index (χ4n) is 3.01. The van der Waals surface area contributed by atoms with Crippen molar-refractivity contribution >= 4 is 16.7 Å². The number of hydrogen-bond acceptors (Lipinski definition) is 4. The van der Waals surface area contributed by atoms with Crippen LogP contribution in [0.15, 0.2) is 45.5 Å². The molecule has 0 aliphatic carbocycles. The number of benzene rings is 1. The standard InChI is InChI=1S/C20H22N4O2/c1-4-5-10-20(22-23-20)11-12-21-18(25)17-13-24(14(2)3)19(26)16-9-7-6-8-15(16)17/h1,6-9,13-14H,5,10-12H2,2-3H3,(H,21,25). The normalized spacial score (nSPS) is 14.4. The van der Waals surface area contributed by atoms with Gasteiger partial charge in [-0.2, -0.15) is 10.2 Å². The third kappa shape index (κ3) is 3.52. The van der Waals surface area contributed by atoms with Crippen molar-refractivity contribution in [3.63, 3.8) is 0 Å². The van der Waals surface area contributed by atoms with Gasteiger partial charge < -0.3 is 9.88 Å². The summed E-state index contributed by atoms with van der Waals surface area (Å²) >= 11 is 0. The Labute approximate surface area is 152 Å². The third-order valence-electron chi connectivity index (χ3n) is 4.61. The summed E-state index contributed by atoms with van der Waals surface area (Å²) in [5.74, 6) is 2.39. The molecule has 26 heavy (non-hydrogen) atoms. The minimum absolute atomic E-state index is 0.0326. The minimum Gasteiger partial charge on any atom is -0.352 e. The van der Waals surface area contributed by atoms with Crippen LogP contribution in [0.25, 0.3) is 10.8 Å². The summed E-state index contributed by atoms with van der Waals surface area (Å²) in [7, 11) is 0. The number of pyridine rings is 1. The van der Waals surface area contributed by atoms with E-state index in [1.54, 1.807) is 29.0 Å². The van der Waals surface area contributed by atoms with E-state index < -0.39 is 5.66 Å². The molecular formula is C20H22N4O2. The largest absolute Gasteiger partial charge is 0.352 e. The van der Waals surface area contributed by atoms with Crippen molar-refractivity contribution in [2.75, 3.05) is 6.54 Å². The molecule has 0 unspecified atom stereocenters. The van der Waals surface area contributed by atoms with Gasteiger partial charge in [0.15, 0.2) is 5.66 Å². The number of terminal acetylenes is 1. The number of amides is 1. The Kier molecular flexibility index (Phi) is 4.90. The lowest BCUT2D eigenvalue weighted by molar-refractivity contribution is 0.0952. The van der Waals surface area contributed by atoms with Crippen LogP contribution in [0.1, 0.15) is 49.5 Å². The highest BCUT2D eigenvalue weighted by Gasteiger charge is 2.38. The van der Waals surface area contributed by atoms with Gasteiger partial charge in [0.1, 0.15) is 0 Å². The summed E-state index contributed by atoms with van der Waals surface area (Å²) in [6, 6.07) is 7.16. The highest BCUT2D eigenvalue weighted by molar-refractivity contribution is 6.06. The van der Waals surface area contributed by atoms with Crippen LogP contribution in [0, 0.1) is 12.3 Å². The van der Waals surface area contributed by atoms with Gasteiger partial charge in [-0.25, -0.2) is 0 Å².